The third-order valence-electron chi connectivity index (χ3n) is 2.80. The molecular weight excluding hydrogens is 296 g/mol. The van der Waals surface area contributed by atoms with Crippen LogP contribution in [0, 0.1) is 0 Å². The van der Waals surface area contributed by atoms with Crippen molar-refractivity contribution < 1.29 is 22.7 Å². The summed E-state index contributed by atoms with van der Waals surface area (Å²) >= 11 is 0. The molecule has 7 nitrogen and oxygen atoms in total. The standard InChI is InChI=1S/C13H24N2O5S/c1-3-7-14-9-12-4-5-13(20-12)21(17,18)15-11(6-8-16)10-19-2/h4-5,11,14-16H,3,6-10H2,1-2H3. The maximum atomic E-state index is 12.2. The van der Waals surface area contributed by atoms with E-state index in [4.69, 9.17) is 14.3 Å². The number of sulfonamides is 1. The minimum absolute atomic E-state index is 0.124. The third kappa shape index (κ3) is 6.15. The maximum Gasteiger partial charge on any atom is 0.274 e. The lowest BCUT2D eigenvalue weighted by atomic mass is 10.2. The van der Waals surface area contributed by atoms with E-state index in [0.717, 1.165) is 13.0 Å². The zero-order chi connectivity index (χ0) is 15.7. The lowest BCUT2D eigenvalue weighted by Crippen LogP contribution is -2.38. The Morgan fingerprint density at radius 1 is 1.43 bits per heavy atom. The van der Waals surface area contributed by atoms with E-state index in [2.05, 4.69) is 10.0 Å². The smallest absolute Gasteiger partial charge is 0.274 e. The highest BCUT2D eigenvalue weighted by Gasteiger charge is 2.23. The van der Waals surface area contributed by atoms with Gasteiger partial charge in [-0.3, -0.25) is 0 Å². The van der Waals surface area contributed by atoms with Crippen LogP contribution in [0.4, 0.5) is 0 Å². The highest BCUT2D eigenvalue weighted by molar-refractivity contribution is 7.89. The molecule has 3 N–H and O–H groups in total. The van der Waals surface area contributed by atoms with Crippen LogP contribution in [0.3, 0.4) is 0 Å². The minimum atomic E-state index is -3.75. The third-order valence-corrected chi connectivity index (χ3v) is 4.19. The van der Waals surface area contributed by atoms with Gasteiger partial charge >= 0.3 is 0 Å². The van der Waals surface area contributed by atoms with E-state index in [1.54, 1.807) is 6.07 Å². The zero-order valence-electron chi connectivity index (χ0n) is 12.5. The molecule has 0 fully saturated rings. The van der Waals surface area contributed by atoms with E-state index in [-0.39, 0.29) is 24.7 Å². The SMILES string of the molecule is CCCNCc1ccc(S(=O)(=O)NC(CCO)COC)o1. The number of methoxy groups -OCH3 is 1. The van der Waals surface area contributed by atoms with Crippen molar-refractivity contribution in [3.8, 4) is 0 Å². The lowest BCUT2D eigenvalue weighted by Gasteiger charge is -2.15. The van der Waals surface area contributed by atoms with Gasteiger partial charge in [-0.05, 0) is 31.5 Å². The molecule has 0 aliphatic rings. The van der Waals surface area contributed by atoms with E-state index in [0.29, 0.717) is 12.3 Å². The van der Waals surface area contributed by atoms with E-state index >= 15 is 0 Å². The number of aliphatic hydroxyl groups excluding tert-OH is 1. The Kier molecular flexibility index (Phi) is 7.91. The van der Waals surface area contributed by atoms with Crippen molar-refractivity contribution in [2.75, 3.05) is 26.9 Å². The highest BCUT2D eigenvalue weighted by Crippen LogP contribution is 2.14. The van der Waals surface area contributed by atoms with Gasteiger partial charge in [0, 0.05) is 19.8 Å². The molecular formula is C13H24N2O5S. The summed E-state index contributed by atoms with van der Waals surface area (Å²) in [5, 5.41) is 11.9. The minimum Gasteiger partial charge on any atom is -0.447 e. The maximum absolute atomic E-state index is 12.2. The first-order valence-corrected chi connectivity index (χ1v) is 8.43. The Balaban J connectivity index is 2.68. The van der Waals surface area contributed by atoms with Crippen molar-refractivity contribution in [3.63, 3.8) is 0 Å². The zero-order valence-corrected chi connectivity index (χ0v) is 13.3. The second-order valence-electron chi connectivity index (χ2n) is 4.68. The molecule has 122 valence electrons. The lowest BCUT2D eigenvalue weighted by molar-refractivity contribution is 0.157. The summed E-state index contributed by atoms with van der Waals surface area (Å²) in [5.41, 5.74) is 0. The first-order valence-electron chi connectivity index (χ1n) is 6.95. The molecule has 0 aliphatic heterocycles. The largest absolute Gasteiger partial charge is 0.447 e. The summed E-state index contributed by atoms with van der Waals surface area (Å²) in [4.78, 5) is 0. The van der Waals surface area contributed by atoms with E-state index in [1.807, 2.05) is 6.92 Å². The van der Waals surface area contributed by atoms with Crippen LogP contribution >= 0.6 is 0 Å². The number of nitrogens with one attached hydrogen (secondary N) is 2. The van der Waals surface area contributed by atoms with Crippen LogP contribution in [0.2, 0.25) is 0 Å². The average Bonchev–Trinajstić information content (AvgIpc) is 2.89. The molecule has 0 saturated heterocycles. The summed E-state index contributed by atoms with van der Waals surface area (Å²) in [5.74, 6) is 0.564. The molecule has 0 bridgehead atoms. The number of furan rings is 1. The summed E-state index contributed by atoms with van der Waals surface area (Å²) in [6, 6.07) is 2.57. The molecule has 21 heavy (non-hydrogen) atoms. The number of ether oxygens (including phenoxy) is 1. The van der Waals surface area contributed by atoms with Gasteiger partial charge in [0.05, 0.1) is 13.2 Å². The van der Waals surface area contributed by atoms with Crippen LogP contribution in [-0.2, 0) is 21.3 Å². The van der Waals surface area contributed by atoms with Gasteiger partial charge < -0.3 is 19.6 Å². The predicted octanol–water partition coefficient (Wildman–Crippen LogP) is 0.455. The molecule has 0 radical (unpaired) electrons. The van der Waals surface area contributed by atoms with Crippen LogP contribution in [0.1, 0.15) is 25.5 Å². The van der Waals surface area contributed by atoms with E-state index in [1.165, 1.54) is 13.2 Å². The first-order chi connectivity index (χ1) is 10.0. The molecule has 1 atom stereocenters. The Hall–Kier alpha value is -0.930. The topological polar surface area (TPSA) is 101 Å². The summed E-state index contributed by atoms with van der Waals surface area (Å²) in [7, 11) is -2.27. The van der Waals surface area contributed by atoms with Gasteiger partial charge in [0.25, 0.3) is 10.0 Å². The van der Waals surface area contributed by atoms with Crippen molar-refractivity contribution >= 4 is 10.0 Å². The molecule has 1 unspecified atom stereocenters. The fourth-order valence-corrected chi connectivity index (χ4v) is 3.00. The first kappa shape index (κ1) is 18.1. The molecule has 8 heteroatoms. The molecule has 1 aromatic rings. The number of rotatable bonds is 11. The molecule has 0 amide bonds. The second kappa shape index (κ2) is 9.16. The molecule has 0 aromatic carbocycles. The Bertz CT molecular complexity index is 494. The number of hydrogen-bond acceptors (Lipinski definition) is 6. The monoisotopic (exact) mass is 320 g/mol. The fourth-order valence-electron chi connectivity index (χ4n) is 1.80. The van der Waals surface area contributed by atoms with Crippen LogP contribution < -0.4 is 10.0 Å². The summed E-state index contributed by atoms with van der Waals surface area (Å²) in [6.07, 6.45) is 1.27. The fraction of sp³-hybridized carbons (Fsp3) is 0.692. The van der Waals surface area contributed by atoms with Crippen molar-refractivity contribution in [3.05, 3.63) is 17.9 Å². The summed E-state index contributed by atoms with van der Waals surface area (Å²) in [6.45, 7) is 3.44. The van der Waals surface area contributed by atoms with E-state index in [9.17, 15) is 8.42 Å². The normalized spacial score (nSPS) is 13.5. The van der Waals surface area contributed by atoms with Crippen LogP contribution in [0.25, 0.3) is 0 Å². The predicted molar refractivity (Wildman–Crippen MR) is 78.4 cm³/mol. The molecule has 1 heterocycles. The number of hydrogen-bond donors (Lipinski definition) is 3. The van der Waals surface area contributed by atoms with Gasteiger partial charge in [-0.2, -0.15) is 0 Å². The van der Waals surface area contributed by atoms with Crippen molar-refractivity contribution in [2.45, 2.75) is 37.4 Å². The Morgan fingerprint density at radius 3 is 2.81 bits per heavy atom. The quantitative estimate of drug-likeness (QED) is 0.512. The molecule has 1 aromatic heterocycles. The van der Waals surface area contributed by atoms with Gasteiger partial charge in [0.2, 0.25) is 5.09 Å². The highest BCUT2D eigenvalue weighted by atomic mass is 32.2. The van der Waals surface area contributed by atoms with Crippen molar-refractivity contribution in [1.29, 1.82) is 0 Å². The average molecular weight is 320 g/mol. The molecule has 0 spiro atoms. The van der Waals surface area contributed by atoms with Crippen LogP contribution in [0.5, 0.6) is 0 Å². The van der Waals surface area contributed by atoms with Gasteiger partial charge in [-0.25, -0.2) is 13.1 Å². The van der Waals surface area contributed by atoms with E-state index < -0.39 is 16.1 Å². The van der Waals surface area contributed by atoms with Crippen molar-refractivity contribution in [1.82, 2.24) is 10.0 Å². The summed E-state index contributed by atoms with van der Waals surface area (Å²) < 4.78 is 37.1. The van der Waals surface area contributed by atoms with Gasteiger partial charge in [0.1, 0.15) is 5.76 Å². The van der Waals surface area contributed by atoms with Gasteiger partial charge in [-0.1, -0.05) is 6.92 Å². The van der Waals surface area contributed by atoms with Crippen LogP contribution in [0.15, 0.2) is 21.6 Å². The molecule has 0 saturated carbocycles. The van der Waals surface area contributed by atoms with Crippen molar-refractivity contribution in [2.24, 2.45) is 0 Å². The van der Waals surface area contributed by atoms with Gasteiger partial charge in [-0.15, -0.1) is 0 Å². The Labute approximate surface area is 125 Å². The van der Waals surface area contributed by atoms with Crippen LogP contribution in [-0.4, -0.2) is 46.4 Å². The molecule has 1 rings (SSSR count). The molecule has 0 aliphatic carbocycles. The van der Waals surface area contributed by atoms with Gasteiger partial charge in [0.15, 0.2) is 0 Å². The Morgan fingerprint density at radius 2 is 2.19 bits per heavy atom. The second-order valence-corrected chi connectivity index (χ2v) is 6.33. The number of aliphatic hydroxyl groups is 1.